The van der Waals surface area contributed by atoms with Crippen LogP contribution in [-0.2, 0) is 0 Å². The van der Waals surface area contributed by atoms with Gasteiger partial charge in [-0.15, -0.1) is 0 Å². The van der Waals surface area contributed by atoms with E-state index in [1.807, 2.05) is 31.2 Å². The summed E-state index contributed by atoms with van der Waals surface area (Å²) >= 11 is 0. The summed E-state index contributed by atoms with van der Waals surface area (Å²) in [5.74, 6) is 1.71. The summed E-state index contributed by atoms with van der Waals surface area (Å²) in [5.41, 5.74) is 5.03. The lowest BCUT2D eigenvalue weighted by Crippen LogP contribution is -2.25. The Bertz CT molecular complexity index is 287. The summed E-state index contributed by atoms with van der Waals surface area (Å²) < 4.78 is 10.9. The highest BCUT2D eigenvalue weighted by Gasteiger charge is 2.15. The van der Waals surface area contributed by atoms with Crippen LogP contribution in [0.5, 0.6) is 11.5 Å². The van der Waals surface area contributed by atoms with Gasteiger partial charge in [0.25, 0.3) is 0 Å². The van der Waals surface area contributed by atoms with Crippen molar-refractivity contribution < 1.29 is 9.47 Å². The van der Waals surface area contributed by atoms with E-state index in [2.05, 4.69) is 6.92 Å². The first-order chi connectivity index (χ1) is 7.27. The highest BCUT2D eigenvalue weighted by Crippen LogP contribution is 2.30. The van der Waals surface area contributed by atoms with Crippen molar-refractivity contribution in [2.45, 2.75) is 26.4 Å². The lowest BCUT2D eigenvalue weighted by Gasteiger charge is -2.23. The molecule has 0 amide bonds. The van der Waals surface area contributed by atoms with E-state index in [0.717, 1.165) is 24.5 Å². The van der Waals surface area contributed by atoms with E-state index >= 15 is 0 Å². The molecule has 1 aliphatic rings. The Kier molecular flexibility index (Phi) is 4.98. The van der Waals surface area contributed by atoms with Gasteiger partial charge < -0.3 is 15.2 Å². The Balaban J connectivity index is 0.000000245. The Morgan fingerprint density at radius 3 is 2.53 bits per heavy atom. The number of rotatable bonds is 1. The molecule has 3 nitrogen and oxygen atoms in total. The molecule has 2 N–H and O–H groups in total. The second-order valence-electron chi connectivity index (χ2n) is 3.47. The average Bonchev–Trinajstić information content (AvgIpc) is 2.29. The van der Waals surface area contributed by atoms with E-state index in [4.69, 9.17) is 15.2 Å². The molecule has 0 radical (unpaired) electrons. The molecule has 0 aliphatic carbocycles. The molecule has 0 bridgehead atoms. The number of nitrogens with two attached hydrogens (primary N) is 1. The van der Waals surface area contributed by atoms with Gasteiger partial charge in [0.1, 0.15) is 12.7 Å². The fraction of sp³-hybridized carbons (Fsp3) is 0.500. The van der Waals surface area contributed by atoms with Crippen LogP contribution >= 0.6 is 0 Å². The maximum Gasteiger partial charge on any atom is 0.161 e. The second kappa shape index (κ2) is 6.30. The smallest absolute Gasteiger partial charge is 0.161 e. The van der Waals surface area contributed by atoms with Gasteiger partial charge >= 0.3 is 0 Å². The van der Waals surface area contributed by atoms with Crippen LogP contribution in [0.3, 0.4) is 0 Å². The molecule has 0 spiro atoms. The summed E-state index contributed by atoms with van der Waals surface area (Å²) in [6.45, 7) is 5.52. The lowest BCUT2D eigenvalue weighted by molar-refractivity contribution is 0.104. The van der Waals surface area contributed by atoms with Crippen LogP contribution in [0.25, 0.3) is 0 Å². The quantitative estimate of drug-likeness (QED) is 0.771. The van der Waals surface area contributed by atoms with Gasteiger partial charge in [0.2, 0.25) is 0 Å². The monoisotopic (exact) mass is 209 g/mol. The SMILES string of the molecule is CC1COc2ccccc2O1.CCCN. The van der Waals surface area contributed by atoms with E-state index in [1.54, 1.807) is 0 Å². The van der Waals surface area contributed by atoms with Crippen LogP contribution in [0.2, 0.25) is 0 Å². The molecule has 0 fully saturated rings. The highest BCUT2D eigenvalue weighted by atomic mass is 16.6. The summed E-state index contributed by atoms with van der Waals surface area (Å²) in [4.78, 5) is 0. The lowest BCUT2D eigenvalue weighted by atomic mass is 10.3. The number of ether oxygens (including phenoxy) is 2. The van der Waals surface area contributed by atoms with Gasteiger partial charge in [0, 0.05) is 0 Å². The summed E-state index contributed by atoms with van der Waals surface area (Å²) in [5, 5.41) is 0. The van der Waals surface area contributed by atoms with Crippen LogP contribution in [0.1, 0.15) is 20.3 Å². The first-order valence-electron chi connectivity index (χ1n) is 5.36. The van der Waals surface area contributed by atoms with Gasteiger partial charge in [-0.05, 0) is 32.0 Å². The molecule has 0 saturated heterocycles. The molecule has 1 atom stereocenters. The fourth-order valence-corrected chi connectivity index (χ4v) is 1.12. The summed E-state index contributed by atoms with van der Waals surface area (Å²) in [6.07, 6.45) is 1.27. The number of hydrogen-bond donors (Lipinski definition) is 1. The van der Waals surface area contributed by atoms with Crippen molar-refractivity contribution in [3.63, 3.8) is 0 Å². The van der Waals surface area contributed by atoms with Gasteiger partial charge in [-0.3, -0.25) is 0 Å². The predicted octanol–water partition coefficient (Wildman–Crippen LogP) is 2.20. The molecule has 1 aromatic carbocycles. The third kappa shape index (κ3) is 3.80. The zero-order chi connectivity index (χ0) is 11.1. The van der Waals surface area contributed by atoms with Crippen LogP contribution in [0, 0.1) is 0 Å². The minimum atomic E-state index is 0.171. The molecule has 1 heterocycles. The van der Waals surface area contributed by atoms with Crippen molar-refractivity contribution in [2.24, 2.45) is 5.73 Å². The maximum atomic E-state index is 5.51. The molecular formula is C12H19NO2. The number of benzene rings is 1. The Morgan fingerprint density at radius 2 is 1.93 bits per heavy atom. The van der Waals surface area contributed by atoms with Crippen molar-refractivity contribution in [1.82, 2.24) is 0 Å². The molecule has 3 heteroatoms. The first-order valence-corrected chi connectivity index (χ1v) is 5.36. The second-order valence-corrected chi connectivity index (χ2v) is 3.47. The standard InChI is InChI=1S/C9H10O2.C3H9N/c1-7-6-10-8-4-2-3-5-9(8)11-7;1-2-3-4/h2-5,7H,6H2,1H3;2-4H2,1H3. The van der Waals surface area contributed by atoms with Crippen LogP contribution in [0.15, 0.2) is 24.3 Å². The highest BCUT2D eigenvalue weighted by molar-refractivity contribution is 5.40. The predicted molar refractivity (Wildman–Crippen MR) is 61.4 cm³/mol. The van der Waals surface area contributed by atoms with Gasteiger partial charge in [-0.1, -0.05) is 19.1 Å². The third-order valence-electron chi connectivity index (χ3n) is 1.94. The number of hydrogen-bond acceptors (Lipinski definition) is 3. The van der Waals surface area contributed by atoms with Crippen LogP contribution < -0.4 is 15.2 Å². The molecule has 1 aromatic rings. The largest absolute Gasteiger partial charge is 0.486 e. The average molecular weight is 209 g/mol. The summed E-state index contributed by atoms with van der Waals surface area (Å²) in [6, 6.07) is 7.73. The van der Waals surface area contributed by atoms with Crippen LogP contribution in [-0.4, -0.2) is 19.3 Å². The van der Waals surface area contributed by atoms with Crippen molar-refractivity contribution in [2.75, 3.05) is 13.2 Å². The van der Waals surface area contributed by atoms with Gasteiger partial charge in [-0.25, -0.2) is 0 Å². The minimum absolute atomic E-state index is 0.171. The number of fused-ring (bicyclic) bond motifs is 1. The molecule has 1 unspecified atom stereocenters. The summed E-state index contributed by atoms with van der Waals surface area (Å²) in [7, 11) is 0. The van der Waals surface area contributed by atoms with Crippen molar-refractivity contribution in [3.05, 3.63) is 24.3 Å². The molecule has 15 heavy (non-hydrogen) atoms. The third-order valence-corrected chi connectivity index (χ3v) is 1.94. The normalized spacial score (nSPS) is 17.7. The molecule has 0 saturated carbocycles. The molecule has 0 aromatic heterocycles. The number of para-hydroxylation sites is 2. The molecule has 1 aliphatic heterocycles. The van der Waals surface area contributed by atoms with E-state index in [-0.39, 0.29) is 6.10 Å². The first kappa shape index (κ1) is 11.9. The van der Waals surface area contributed by atoms with Gasteiger partial charge in [0.15, 0.2) is 11.5 Å². The molecule has 2 rings (SSSR count). The minimum Gasteiger partial charge on any atom is -0.486 e. The van der Waals surface area contributed by atoms with Gasteiger partial charge in [0.05, 0.1) is 0 Å². The van der Waals surface area contributed by atoms with Crippen molar-refractivity contribution >= 4 is 0 Å². The van der Waals surface area contributed by atoms with E-state index in [9.17, 15) is 0 Å². The fourth-order valence-electron chi connectivity index (χ4n) is 1.12. The Hall–Kier alpha value is -1.22. The molecule has 84 valence electrons. The van der Waals surface area contributed by atoms with E-state index in [0.29, 0.717) is 6.61 Å². The topological polar surface area (TPSA) is 44.5 Å². The van der Waals surface area contributed by atoms with Crippen LogP contribution in [0.4, 0.5) is 0 Å². The molecular weight excluding hydrogens is 190 g/mol. The van der Waals surface area contributed by atoms with Gasteiger partial charge in [-0.2, -0.15) is 0 Å². The zero-order valence-corrected chi connectivity index (χ0v) is 9.40. The maximum absolute atomic E-state index is 5.51. The van der Waals surface area contributed by atoms with E-state index < -0.39 is 0 Å². The van der Waals surface area contributed by atoms with E-state index in [1.165, 1.54) is 0 Å². The zero-order valence-electron chi connectivity index (χ0n) is 9.40. The van der Waals surface area contributed by atoms with Crippen molar-refractivity contribution in [3.8, 4) is 11.5 Å². The Labute approximate surface area is 91.2 Å². The van der Waals surface area contributed by atoms with Crippen molar-refractivity contribution in [1.29, 1.82) is 0 Å². The Morgan fingerprint density at radius 1 is 1.33 bits per heavy atom.